The van der Waals surface area contributed by atoms with Gasteiger partial charge in [-0.15, -0.1) is 0 Å². The van der Waals surface area contributed by atoms with Gasteiger partial charge in [0.1, 0.15) is 5.75 Å². The zero-order valence-electron chi connectivity index (χ0n) is 12.8. The molecule has 1 saturated heterocycles. The summed E-state index contributed by atoms with van der Waals surface area (Å²) in [5.41, 5.74) is 1.82. The lowest BCUT2D eigenvalue weighted by Crippen LogP contribution is -2.46. The highest BCUT2D eigenvalue weighted by Crippen LogP contribution is 2.26. The lowest BCUT2D eigenvalue weighted by Gasteiger charge is -2.29. The van der Waals surface area contributed by atoms with Crippen molar-refractivity contribution >= 4 is 11.7 Å². The number of carbonyl (C=O) groups is 2. The third-order valence-electron chi connectivity index (χ3n) is 4.21. The van der Waals surface area contributed by atoms with Crippen LogP contribution in [0.1, 0.15) is 35.7 Å². The number of amides is 1. The predicted molar refractivity (Wildman–Crippen MR) is 81.2 cm³/mol. The first-order valence-corrected chi connectivity index (χ1v) is 7.84. The van der Waals surface area contributed by atoms with Crippen molar-refractivity contribution in [3.8, 4) is 5.75 Å². The number of Topliss-reactive ketones (excluding diaryl/α,β-unsaturated/α-hetero) is 1. The molecule has 0 unspecified atom stereocenters. The number of hydrogen-bond acceptors (Lipinski definition) is 4. The minimum absolute atomic E-state index is 0.0166. The van der Waals surface area contributed by atoms with Crippen LogP contribution in [0, 0.1) is 0 Å². The summed E-state index contributed by atoms with van der Waals surface area (Å²) in [5, 5.41) is 0. The smallest absolute Gasteiger partial charge is 0.263 e. The summed E-state index contributed by atoms with van der Waals surface area (Å²) in [7, 11) is 0. The molecule has 118 valence electrons. The monoisotopic (exact) mass is 303 g/mol. The van der Waals surface area contributed by atoms with Gasteiger partial charge in [-0.2, -0.15) is 0 Å². The van der Waals surface area contributed by atoms with Gasteiger partial charge in [0.05, 0.1) is 13.2 Å². The number of benzene rings is 1. The Balaban J connectivity index is 1.67. The third-order valence-corrected chi connectivity index (χ3v) is 4.21. The lowest BCUT2D eigenvalue weighted by molar-refractivity contribution is -0.142. The molecule has 1 atom stereocenters. The van der Waals surface area contributed by atoms with E-state index in [0.29, 0.717) is 38.5 Å². The van der Waals surface area contributed by atoms with E-state index in [1.807, 2.05) is 12.1 Å². The van der Waals surface area contributed by atoms with Crippen LogP contribution in [0.2, 0.25) is 0 Å². The van der Waals surface area contributed by atoms with Crippen LogP contribution in [0.25, 0.3) is 0 Å². The van der Waals surface area contributed by atoms with Gasteiger partial charge in [-0.3, -0.25) is 9.59 Å². The Morgan fingerprint density at radius 3 is 2.82 bits per heavy atom. The van der Waals surface area contributed by atoms with Gasteiger partial charge in [0.15, 0.2) is 11.9 Å². The zero-order valence-corrected chi connectivity index (χ0v) is 12.8. The zero-order chi connectivity index (χ0) is 15.5. The van der Waals surface area contributed by atoms with Crippen molar-refractivity contribution in [1.29, 1.82) is 0 Å². The van der Waals surface area contributed by atoms with Crippen LogP contribution in [0.5, 0.6) is 5.75 Å². The molecule has 1 aliphatic heterocycles. The van der Waals surface area contributed by atoms with Crippen LogP contribution >= 0.6 is 0 Å². The summed E-state index contributed by atoms with van der Waals surface area (Å²) in [6.07, 6.45) is 1.87. The van der Waals surface area contributed by atoms with Crippen LogP contribution in [-0.2, 0) is 16.0 Å². The average molecular weight is 303 g/mol. The number of rotatable bonds is 3. The number of aryl methyl sites for hydroxylation is 1. The van der Waals surface area contributed by atoms with E-state index in [-0.39, 0.29) is 11.7 Å². The number of ether oxygens (including phenoxy) is 2. The quantitative estimate of drug-likeness (QED) is 0.855. The largest absolute Gasteiger partial charge is 0.481 e. The predicted octanol–water partition coefficient (Wildman–Crippen LogP) is 1.83. The van der Waals surface area contributed by atoms with E-state index in [9.17, 15) is 9.59 Å². The van der Waals surface area contributed by atoms with E-state index in [1.165, 1.54) is 0 Å². The molecule has 1 aliphatic carbocycles. The molecule has 1 aromatic carbocycles. The molecule has 3 rings (SSSR count). The summed E-state index contributed by atoms with van der Waals surface area (Å²) in [5.74, 6) is 0.838. The molecule has 1 amide bonds. The van der Waals surface area contributed by atoms with Gasteiger partial charge in [0.2, 0.25) is 0 Å². The Morgan fingerprint density at radius 1 is 1.27 bits per heavy atom. The SMILES string of the molecule is C[C@@H](Oc1ccc2c(c1)CCCC2=O)C(=O)N1CCOCC1. The van der Waals surface area contributed by atoms with Gasteiger partial charge in [-0.25, -0.2) is 0 Å². The Hall–Kier alpha value is -1.88. The van der Waals surface area contributed by atoms with E-state index in [2.05, 4.69) is 0 Å². The van der Waals surface area contributed by atoms with E-state index in [1.54, 1.807) is 17.9 Å². The van der Waals surface area contributed by atoms with Crippen LogP contribution in [0.4, 0.5) is 0 Å². The second kappa shape index (κ2) is 6.48. The van der Waals surface area contributed by atoms with Crippen molar-refractivity contribution in [2.24, 2.45) is 0 Å². The Labute approximate surface area is 130 Å². The highest BCUT2D eigenvalue weighted by molar-refractivity contribution is 5.98. The molecule has 5 heteroatoms. The van der Waals surface area contributed by atoms with Crippen LogP contribution in [-0.4, -0.2) is 49.0 Å². The summed E-state index contributed by atoms with van der Waals surface area (Å²) in [6, 6.07) is 5.50. The molecule has 0 radical (unpaired) electrons. The maximum absolute atomic E-state index is 12.3. The summed E-state index contributed by atoms with van der Waals surface area (Å²) >= 11 is 0. The molecular formula is C17H21NO4. The first-order chi connectivity index (χ1) is 10.6. The first kappa shape index (κ1) is 15.0. The molecule has 0 N–H and O–H groups in total. The minimum atomic E-state index is -0.532. The van der Waals surface area contributed by atoms with Crippen molar-refractivity contribution in [2.45, 2.75) is 32.3 Å². The van der Waals surface area contributed by atoms with Crippen molar-refractivity contribution < 1.29 is 19.1 Å². The molecule has 0 aromatic heterocycles. The molecule has 0 bridgehead atoms. The highest BCUT2D eigenvalue weighted by atomic mass is 16.5. The summed E-state index contributed by atoms with van der Waals surface area (Å²) < 4.78 is 11.0. The Kier molecular flexibility index (Phi) is 4.43. The second-order valence-electron chi connectivity index (χ2n) is 5.79. The van der Waals surface area contributed by atoms with Crippen molar-refractivity contribution in [1.82, 2.24) is 4.90 Å². The topological polar surface area (TPSA) is 55.8 Å². The molecule has 1 heterocycles. The fraction of sp³-hybridized carbons (Fsp3) is 0.529. The van der Waals surface area contributed by atoms with Gasteiger partial charge in [-0.1, -0.05) is 0 Å². The fourth-order valence-electron chi connectivity index (χ4n) is 2.99. The molecule has 1 aromatic rings. The molecular weight excluding hydrogens is 282 g/mol. The van der Waals surface area contributed by atoms with Gasteiger partial charge in [0, 0.05) is 25.1 Å². The summed E-state index contributed by atoms with van der Waals surface area (Å²) in [6.45, 7) is 4.16. The Morgan fingerprint density at radius 2 is 2.05 bits per heavy atom. The maximum atomic E-state index is 12.3. The van der Waals surface area contributed by atoms with E-state index < -0.39 is 6.10 Å². The molecule has 2 aliphatic rings. The number of nitrogens with zero attached hydrogens (tertiary/aromatic N) is 1. The van der Waals surface area contributed by atoms with Crippen LogP contribution < -0.4 is 4.74 Å². The molecule has 22 heavy (non-hydrogen) atoms. The van der Waals surface area contributed by atoms with E-state index in [0.717, 1.165) is 24.0 Å². The van der Waals surface area contributed by atoms with E-state index in [4.69, 9.17) is 9.47 Å². The van der Waals surface area contributed by atoms with Gasteiger partial charge >= 0.3 is 0 Å². The second-order valence-corrected chi connectivity index (χ2v) is 5.79. The number of morpholine rings is 1. The van der Waals surface area contributed by atoms with Crippen LogP contribution in [0.3, 0.4) is 0 Å². The maximum Gasteiger partial charge on any atom is 0.263 e. The van der Waals surface area contributed by atoms with Gasteiger partial charge < -0.3 is 14.4 Å². The minimum Gasteiger partial charge on any atom is -0.481 e. The van der Waals surface area contributed by atoms with Crippen molar-refractivity contribution in [3.05, 3.63) is 29.3 Å². The lowest BCUT2D eigenvalue weighted by atomic mass is 9.90. The highest BCUT2D eigenvalue weighted by Gasteiger charge is 2.24. The molecule has 0 saturated carbocycles. The standard InChI is InChI=1S/C17H21NO4/c1-12(17(20)18-7-9-21-10-8-18)22-14-5-6-15-13(11-14)3-2-4-16(15)19/h5-6,11-12H,2-4,7-10H2,1H3/t12-/m1/s1. The van der Waals surface area contributed by atoms with Gasteiger partial charge in [-0.05, 0) is 43.5 Å². The van der Waals surface area contributed by atoms with Crippen molar-refractivity contribution in [2.75, 3.05) is 26.3 Å². The molecule has 5 nitrogen and oxygen atoms in total. The molecule has 0 spiro atoms. The number of hydrogen-bond donors (Lipinski definition) is 0. The van der Waals surface area contributed by atoms with Crippen molar-refractivity contribution in [3.63, 3.8) is 0 Å². The fourth-order valence-corrected chi connectivity index (χ4v) is 2.99. The molecule has 1 fully saturated rings. The summed E-state index contributed by atoms with van der Waals surface area (Å²) in [4.78, 5) is 25.9. The Bertz CT molecular complexity index is 578. The van der Waals surface area contributed by atoms with Crippen LogP contribution in [0.15, 0.2) is 18.2 Å². The third kappa shape index (κ3) is 3.14. The number of fused-ring (bicyclic) bond motifs is 1. The number of ketones is 1. The van der Waals surface area contributed by atoms with E-state index >= 15 is 0 Å². The number of carbonyl (C=O) groups excluding carboxylic acids is 2. The van der Waals surface area contributed by atoms with Gasteiger partial charge in [0.25, 0.3) is 5.91 Å². The average Bonchev–Trinajstić information content (AvgIpc) is 2.55. The first-order valence-electron chi connectivity index (χ1n) is 7.84. The normalized spacial score (nSPS) is 19.5.